The topological polar surface area (TPSA) is 24.5 Å². The van der Waals surface area contributed by atoms with E-state index in [1.807, 2.05) is 0 Å². The molecule has 170 valence electrons. The minimum atomic E-state index is -1.68. The van der Waals surface area contributed by atoms with Gasteiger partial charge in [0.2, 0.25) is 0 Å². The second kappa shape index (κ2) is 10.4. The maximum absolute atomic E-state index is 6.47. The van der Waals surface area contributed by atoms with Crippen LogP contribution in [0.1, 0.15) is 57.7 Å². The van der Waals surface area contributed by atoms with Gasteiger partial charge in [0.15, 0.2) is 8.32 Å². The van der Waals surface area contributed by atoms with Crippen LogP contribution in [0.25, 0.3) is 0 Å². The van der Waals surface area contributed by atoms with Crippen LogP contribution in [0.4, 0.5) is 0 Å². The fraction of sp³-hybridized carbons (Fsp3) is 0.556. The highest BCUT2D eigenvalue weighted by Crippen LogP contribution is 2.37. The summed E-state index contributed by atoms with van der Waals surface area (Å²) in [5.74, 6) is 0. The molecule has 1 aliphatic rings. The van der Waals surface area contributed by atoms with Gasteiger partial charge in [-0.3, -0.25) is 4.90 Å². The van der Waals surface area contributed by atoms with Gasteiger partial charge in [-0.15, -0.1) is 0 Å². The highest BCUT2D eigenvalue weighted by atomic mass is 28.4. The first-order chi connectivity index (χ1) is 14.7. The summed E-state index contributed by atoms with van der Waals surface area (Å²) in [6, 6.07) is 23.3. The summed E-state index contributed by atoms with van der Waals surface area (Å²) < 4.78 is 6.47. The third-order valence-corrected chi connectivity index (χ3v) is 11.7. The van der Waals surface area contributed by atoms with E-state index in [1.54, 1.807) is 0 Å². The summed E-state index contributed by atoms with van der Waals surface area (Å²) in [7, 11) is -1.68. The monoisotopic (exact) mass is 438 g/mol. The molecule has 0 radical (unpaired) electrons. The molecule has 0 amide bonds. The lowest BCUT2D eigenvalue weighted by atomic mass is 9.92. The molecule has 1 saturated heterocycles. The molecular weight excluding hydrogens is 396 g/mol. The SMILES string of the molecule is C[C@@H]1CN(C(c2ccccc2)c2ccccc2)[C@H](CCCO[Si](C)(C)C(C)(C)C)CN1. The predicted molar refractivity (Wildman–Crippen MR) is 135 cm³/mol. The molecule has 0 unspecified atom stereocenters. The van der Waals surface area contributed by atoms with Crippen LogP contribution >= 0.6 is 0 Å². The molecule has 3 rings (SSSR count). The van der Waals surface area contributed by atoms with E-state index in [0.717, 1.165) is 32.5 Å². The molecule has 2 atom stereocenters. The Morgan fingerprint density at radius 1 is 1.00 bits per heavy atom. The average Bonchev–Trinajstić information content (AvgIpc) is 2.73. The maximum Gasteiger partial charge on any atom is 0.191 e. The first kappa shape index (κ1) is 24.2. The minimum Gasteiger partial charge on any atom is -0.417 e. The zero-order valence-corrected chi connectivity index (χ0v) is 21.4. The Morgan fingerprint density at radius 3 is 2.06 bits per heavy atom. The smallest absolute Gasteiger partial charge is 0.191 e. The Morgan fingerprint density at radius 2 is 1.55 bits per heavy atom. The lowest BCUT2D eigenvalue weighted by molar-refractivity contribution is 0.0914. The van der Waals surface area contributed by atoms with Crippen molar-refractivity contribution >= 4 is 8.32 Å². The molecular formula is C27H42N2OSi. The van der Waals surface area contributed by atoms with Crippen molar-refractivity contribution in [3.63, 3.8) is 0 Å². The molecule has 0 spiro atoms. The van der Waals surface area contributed by atoms with Crippen molar-refractivity contribution < 1.29 is 4.43 Å². The Kier molecular flexibility index (Phi) is 8.14. The van der Waals surface area contributed by atoms with Gasteiger partial charge >= 0.3 is 0 Å². The van der Waals surface area contributed by atoms with Gasteiger partial charge in [0.25, 0.3) is 0 Å². The van der Waals surface area contributed by atoms with Crippen LogP contribution < -0.4 is 5.32 Å². The van der Waals surface area contributed by atoms with Crippen molar-refractivity contribution in [2.75, 3.05) is 19.7 Å². The zero-order valence-electron chi connectivity index (χ0n) is 20.4. The number of nitrogens with zero attached hydrogens (tertiary/aromatic N) is 1. The van der Waals surface area contributed by atoms with Gasteiger partial charge in [-0.1, -0.05) is 81.4 Å². The highest BCUT2D eigenvalue weighted by molar-refractivity contribution is 6.74. The fourth-order valence-corrected chi connectivity index (χ4v) is 5.36. The van der Waals surface area contributed by atoms with Crippen molar-refractivity contribution in [3.8, 4) is 0 Å². The fourth-order valence-electron chi connectivity index (χ4n) is 4.28. The number of rotatable bonds is 8. The van der Waals surface area contributed by atoms with E-state index < -0.39 is 8.32 Å². The number of hydrogen-bond acceptors (Lipinski definition) is 3. The lowest BCUT2D eigenvalue weighted by Gasteiger charge is -2.44. The predicted octanol–water partition coefficient (Wildman–Crippen LogP) is 6.24. The third kappa shape index (κ3) is 6.29. The van der Waals surface area contributed by atoms with Gasteiger partial charge in [0.05, 0.1) is 6.04 Å². The van der Waals surface area contributed by atoms with Crippen LogP contribution in [0.3, 0.4) is 0 Å². The van der Waals surface area contributed by atoms with Crippen LogP contribution in [0.2, 0.25) is 18.1 Å². The maximum atomic E-state index is 6.47. The number of piperazine rings is 1. The summed E-state index contributed by atoms with van der Waals surface area (Å²) >= 11 is 0. The highest BCUT2D eigenvalue weighted by Gasteiger charge is 2.37. The van der Waals surface area contributed by atoms with Gasteiger partial charge in [-0.2, -0.15) is 0 Å². The van der Waals surface area contributed by atoms with Crippen molar-refractivity contribution in [3.05, 3.63) is 71.8 Å². The van der Waals surface area contributed by atoms with Crippen LogP contribution in [0.5, 0.6) is 0 Å². The van der Waals surface area contributed by atoms with Crippen LogP contribution in [-0.2, 0) is 4.43 Å². The van der Waals surface area contributed by atoms with E-state index in [2.05, 4.69) is 112 Å². The summed E-state index contributed by atoms with van der Waals surface area (Å²) in [6.07, 6.45) is 2.27. The average molecular weight is 439 g/mol. The summed E-state index contributed by atoms with van der Waals surface area (Å²) in [5.41, 5.74) is 2.76. The largest absolute Gasteiger partial charge is 0.417 e. The van der Waals surface area contributed by atoms with Gasteiger partial charge in [-0.25, -0.2) is 0 Å². The zero-order chi connectivity index (χ0) is 22.5. The Bertz CT molecular complexity index is 748. The molecule has 4 heteroatoms. The summed E-state index contributed by atoms with van der Waals surface area (Å²) in [5, 5.41) is 4.00. The molecule has 1 heterocycles. The normalized spacial score (nSPS) is 20.9. The first-order valence-electron chi connectivity index (χ1n) is 11.9. The summed E-state index contributed by atoms with van der Waals surface area (Å²) in [6.45, 7) is 16.9. The van der Waals surface area contributed by atoms with E-state index in [-0.39, 0.29) is 5.04 Å². The third-order valence-electron chi connectivity index (χ3n) is 7.17. The molecule has 0 bridgehead atoms. The van der Waals surface area contributed by atoms with E-state index in [9.17, 15) is 0 Å². The second-order valence-corrected chi connectivity index (χ2v) is 15.4. The molecule has 0 aromatic heterocycles. The molecule has 1 fully saturated rings. The van der Waals surface area contributed by atoms with Gasteiger partial charge in [0, 0.05) is 31.8 Å². The van der Waals surface area contributed by atoms with Crippen molar-refractivity contribution in [1.82, 2.24) is 10.2 Å². The van der Waals surface area contributed by atoms with Gasteiger partial charge < -0.3 is 9.74 Å². The summed E-state index contributed by atoms with van der Waals surface area (Å²) in [4.78, 5) is 2.73. The van der Waals surface area contributed by atoms with E-state index in [0.29, 0.717) is 18.1 Å². The minimum absolute atomic E-state index is 0.270. The number of hydrogen-bond donors (Lipinski definition) is 1. The Labute approximate surface area is 191 Å². The van der Waals surface area contributed by atoms with E-state index in [1.165, 1.54) is 11.1 Å². The Balaban J connectivity index is 1.75. The standard InChI is InChI=1S/C27H42N2OSi/c1-22-21-29(25(20-28-22)18-13-19-30-31(5,6)27(2,3)4)26(23-14-9-7-10-15-23)24-16-11-8-12-17-24/h7-12,14-17,22,25-26,28H,13,18-21H2,1-6H3/t22-,25-/m1/s1. The first-order valence-corrected chi connectivity index (χ1v) is 14.8. The van der Waals surface area contributed by atoms with Crippen LogP contribution in [0.15, 0.2) is 60.7 Å². The van der Waals surface area contributed by atoms with Gasteiger partial charge in [0.1, 0.15) is 0 Å². The molecule has 2 aromatic carbocycles. The van der Waals surface area contributed by atoms with Crippen LogP contribution in [0, 0.1) is 0 Å². The number of nitrogens with one attached hydrogen (secondary N) is 1. The lowest BCUT2D eigenvalue weighted by Crippen LogP contribution is -2.56. The molecule has 1 aliphatic heterocycles. The van der Waals surface area contributed by atoms with Crippen molar-refractivity contribution in [2.45, 2.75) is 76.8 Å². The number of benzene rings is 2. The van der Waals surface area contributed by atoms with Crippen molar-refractivity contribution in [2.24, 2.45) is 0 Å². The molecule has 1 N–H and O–H groups in total. The molecule has 3 nitrogen and oxygen atoms in total. The quantitative estimate of drug-likeness (QED) is 0.390. The van der Waals surface area contributed by atoms with Crippen LogP contribution in [-0.4, -0.2) is 45.0 Å². The Hall–Kier alpha value is -1.46. The molecule has 31 heavy (non-hydrogen) atoms. The molecule has 2 aromatic rings. The van der Waals surface area contributed by atoms with Crippen molar-refractivity contribution in [1.29, 1.82) is 0 Å². The van der Waals surface area contributed by atoms with E-state index >= 15 is 0 Å². The van der Waals surface area contributed by atoms with E-state index in [4.69, 9.17) is 4.43 Å². The molecule has 0 saturated carbocycles. The second-order valence-electron chi connectivity index (χ2n) is 10.6. The molecule has 0 aliphatic carbocycles. The van der Waals surface area contributed by atoms with Gasteiger partial charge in [-0.05, 0) is 49.0 Å².